The van der Waals surface area contributed by atoms with Crippen molar-refractivity contribution in [2.24, 2.45) is 0 Å². The van der Waals surface area contributed by atoms with Crippen LogP contribution >= 0.6 is 0 Å². The first-order chi connectivity index (χ1) is 7.72. The van der Waals surface area contributed by atoms with E-state index >= 15 is 0 Å². The lowest BCUT2D eigenvalue weighted by atomic mass is 10.2. The molecule has 0 amide bonds. The molecule has 0 aliphatic rings. The SMILES string of the molecule is C=C(C)C(=O)COOC(=O)OOOC(C)(C)C. The van der Waals surface area contributed by atoms with Crippen LogP contribution in [0.2, 0.25) is 0 Å². The Hall–Kier alpha value is -1.44. The zero-order chi connectivity index (χ0) is 13.5. The molecule has 0 aliphatic carbocycles. The standard InChI is InChI=1S/C10H16O7/c1-7(2)8(11)6-13-14-9(12)15-17-16-10(3,4)5/h1,6H2,2-5H3. The van der Waals surface area contributed by atoms with Gasteiger partial charge in [0.2, 0.25) is 0 Å². The van der Waals surface area contributed by atoms with Crippen molar-refractivity contribution in [3.63, 3.8) is 0 Å². The van der Waals surface area contributed by atoms with E-state index in [1.165, 1.54) is 6.92 Å². The topological polar surface area (TPSA) is 80.3 Å². The molecule has 0 aromatic rings. The van der Waals surface area contributed by atoms with Gasteiger partial charge < -0.3 is 0 Å². The molecule has 0 aliphatic heterocycles. The van der Waals surface area contributed by atoms with Crippen LogP contribution < -0.4 is 0 Å². The van der Waals surface area contributed by atoms with Crippen LogP contribution in [-0.4, -0.2) is 24.1 Å². The summed E-state index contributed by atoms with van der Waals surface area (Å²) in [6.45, 7) is 9.50. The molecule has 0 radical (unpaired) electrons. The molecule has 7 nitrogen and oxygen atoms in total. The monoisotopic (exact) mass is 248 g/mol. The Bertz CT molecular complexity index is 290. The molecule has 0 bridgehead atoms. The molecule has 0 rings (SSSR count). The Morgan fingerprint density at radius 2 is 1.76 bits per heavy atom. The highest BCUT2D eigenvalue weighted by Gasteiger charge is 2.15. The maximum atomic E-state index is 11.0. The van der Waals surface area contributed by atoms with E-state index in [1.54, 1.807) is 20.8 Å². The second kappa shape index (κ2) is 7.00. The maximum Gasteiger partial charge on any atom is 0.575 e. The second-order valence-electron chi connectivity index (χ2n) is 4.15. The van der Waals surface area contributed by atoms with Gasteiger partial charge in [0, 0.05) is 0 Å². The molecule has 0 saturated carbocycles. The molecule has 0 fully saturated rings. The van der Waals surface area contributed by atoms with Crippen LogP contribution in [-0.2, 0) is 29.4 Å². The molecule has 0 saturated heterocycles. The van der Waals surface area contributed by atoms with Gasteiger partial charge in [0.05, 0.1) is 5.60 Å². The predicted molar refractivity (Wildman–Crippen MR) is 55.3 cm³/mol. The lowest BCUT2D eigenvalue weighted by Crippen LogP contribution is -2.21. The Labute approximate surface area is 99.0 Å². The van der Waals surface area contributed by atoms with E-state index in [9.17, 15) is 9.59 Å². The van der Waals surface area contributed by atoms with Crippen LogP contribution in [0.1, 0.15) is 27.7 Å². The third kappa shape index (κ3) is 9.49. The van der Waals surface area contributed by atoms with Crippen molar-refractivity contribution >= 4 is 11.9 Å². The lowest BCUT2D eigenvalue weighted by molar-refractivity contribution is -0.520. The number of ketones is 1. The van der Waals surface area contributed by atoms with Gasteiger partial charge in [0.15, 0.2) is 12.4 Å². The first-order valence-electron chi connectivity index (χ1n) is 4.77. The average molecular weight is 248 g/mol. The van der Waals surface area contributed by atoms with Crippen LogP contribution in [0.3, 0.4) is 0 Å². The third-order valence-electron chi connectivity index (χ3n) is 1.18. The summed E-state index contributed by atoms with van der Waals surface area (Å²) in [6.07, 6.45) is -1.29. The predicted octanol–water partition coefficient (Wildman–Crippen LogP) is 1.88. The van der Waals surface area contributed by atoms with E-state index in [4.69, 9.17) is 0 Å². The highest BCUT2D eigenvalue weighted by Crippen LogP contribution is 2.07. The number of rotatable bonds is 6. The summed E-state index contributed by atoms with van der Waals surface area (Å²) in [5, 5.41) is 4.11. The molecule has 0 unspecified atom stereocenters. The minimum Gasteiger partial charge on any atom is -0.292 e. The van der Waals surface area contributed by atoms with Crippen molar-refractivity contribution in [3.05, 3.63) is 12.2 Å². The summed E-state index contributed by atoms with van der Waals surface area (Å²) in [5.74, 6) is -0.398. The van der Waals surface area contributed by atoms with E-state index in [0.717, 1.165) is 0 Å². The summed E-state index contributed by atoms with van der Waals surface area (Å²) in [4.78, 5) is 38.7. The molecule has 17 heavy (non-hydrogen) atoms. The van der Waals surface area contributed by atoms with Gasteiger partial charge >= 0.3 is 6.16 Å². The first-order valence-corrected chi connectivity index (χ1v) is 4.77. The first kappa shape index (κ1) is 15.6. The zero-order valence-electron chi connectivity index (χ0n) is 10.3. The third-order valence-corrected chi connectivity index (χ3v) is 1.18. The van der Waals surface area contributed by atoms with Crippen molar-refractivity contribution in [2.45, 2.75) is 33.3 Å². The Balaban J connectivity index is 3.61. The van der Waals surface area contributed by atoms with E-state index in [1.807, 2.05) is 0 Å². The number of hydrogen-bond acceptors (Lipinski definition) is 7. The van der Waals surface area contributed by atoms with E-state index < -0.39 is 24.1 Å². The summed E-state index contributed by atoms with van der Waals surface area (Å²) in [6, 6.07) is 0. The van der Waals surface area contributed by atoms with Crippen molar-refractivity contribution in [3.8, 4) is 0 Å². The summed E-state index contributed by atoms with van der Waals surface area (Å²) >= 11 is 0. The molecule has 0 N–H and O–H groups in total. The van der Waals surface area contributed by atoms with Gasteiger partial charge in [-0.3, -0.25) is 9.68 Å². The molecule has 98 valence electrons. The Morgan fingerprint density at radius 1 is 1.18 bits per heavy atom. The summed E-state index contributed by atoms with van der Waals surface area (Å²) < 4.78 is 0. The fourth-order valence-corrected chi connectivity index (χ4v) is 0.415. The Morgan fingerprint density at radius 3 is 2.24 bits per heavy atom. The van der Waals surface area contributed by atoms with Crippen molar-refractivity contribution in [2.75, 3.05) is 6.61 Å². The Kier molecular flexibility index (Phi) is 6.40. The molecular formula is C10H16O7. The second-order valence-corrected chi connectivity index (χ2v) is 4.15. The van der Waals surface area contributed by atoms with Crippen LogP contribution in [0, 0.1) is 0 Å². The quantitative estimate of drug-likeness (QED) is 0.403. The van der Waals surface area contributed by atoms with Crippen LogP contribution in [0.25, 0.3) is 0 Å². The minimum absolute atomic E-state index is 0.286. The van der Waals surface area contributed by atoms with Gasteiger partial charge in [0.1, 0.15) is 0 Å². The van der Waals surface area contributed by atoms with Crippen LogP contribution in [0.5, 0.6) is 0 Å². The van der Waals surface area contributed by atoms with Crippen molar-refractivity contribution < 1.29 is 34.2 Å². The average Bonchev–Trinajstić information content (AvgIpc) is 2.15. The molecule has 0 heterocycles. The summed E-state index contributed by atoms with van der Waals surface area (Å²) in [7, 11) is 0. The van der Waals surface area contributed by atoms with Gasteiger partial charge in [-0.15, -0.1) is 0 Å². The van der Waals surface area contributed by atoms with Gasteiger partial charge in [-0.2, -0.15) is 14.6 Å². The van der Waals surface area contributed by atoms with Gasteiger partial charge in [-0.1, -0.05) is 6.58 Å². The normalized spacial score (nSPS) is 10.8. The van der Waals surface area contributed by atoms with Crippen molar-refractivity contribution in [1.29, 1.82) is 0 Å². The highest BCUT2D eigenvalue weighted by molar-refractivity contribution is 5.95. The number of carbonyl (C=O) groups is 2. The number of carbonyl (C=O) groups excluding carboxylic acids is 2. The van der Waals surface area contributed by atoms with Gasteiger partial charge in [-0.05, 0) is 38.3 Å². The smallest absolute Gasteiger partial charge is 0.292 e. The van der Waals surface area contributed by atoms with Gasteiger partial charge in [0.25, 0.3) is 0 Å². The minimum atomic E-state index is -1.29. The van der Waals surface area contributed by atoms with Crippen LogP contribution in [0.4, 0.5) is 4.79 Å². The zero-order valence-corrected chi connectivity index (χ0v) is 10.3. The molecule has 0 aromatic heterocycles. The van der Waals surface area contributed by atoms with Gasteiger partial charge in [-0.25, -0.2) is 4.89 Å². The molecule has 7 heteroatoms. The molecule has 0 aromatic carbocycles. The fourth-order valence-electron chi connectivity index (χ4n) is 0.415. The summed E-state index contributed by atoms with van der Waals surface area (Å²) in [5.41, 5.74) is -0.355. The largest absolute Gasteiger partial charge is 0.575 e. The molecular weight excluding hydrogens is 232 g/mol. The van der Waals surface area contributed by atoms with Crippen LogP contribution in [0.15, 0.2) is 12.2 Å². The van der Waals surface area contributed by atoms with E-state index in [0.29, 0.717) is 0 Å². The maximum absolute atomic E-state index is 11.0. The number of hydrogen-bond donors (Lipinski definition) is 0. The van der Waals surface area contributed by atoms with E-state index in [-0.39, 0.29) is 5.57 Å². The van der Waals surface area contributed by atoms with Crippen molar-refractivity contribution in [1.82, 2.24) is 0 Å². The fraction of sp³-hybridized carbons (Fsp3) is 0.600. The molecule has 0 spiro atoms. The number of Topliss-reactive ketones (excluding diaryl/α,β-unsaturated/α-hetero) is 1. The van der Waals surface area contributed by atoms with E-state index in [2.05, 4.69) is 31.2 Å². The molecule has 0 atom stereocenters. The lowest BCUT2D eigenvalue weighted by Gasteiger charge is -2.14. The highest BCUT2D eigenvalue weighted by atomic mass is 17.5.